The molecule has 1 fully saturated rings. The van der Waals surface area contributed by atoms with Crippen LogP contribution in [0.2, 0.25) is 0 Å². The standard InChI is InChI=1S/C19H17F2N3O4/c1-19(13-6-8-14(9-7-13)28-17(20)21)16(25)24(18(26)23-19)22-11-12-4-3-5-15(10-12)27-2/h3-11,17H,1-2H3,(H,23,26)/b22-11-/t19-/m0/s1. The van der Waals surface area contributed by atoms with Crippen LogP contribution in [-0.4, -0.2) is 36.9 Å². The van der Waals surface area contributed by atoms with Crippen molar-refractivity contribution in [1.82, 2.24) is 10.3 Å². The molecule has 1 aliphatic rings. The SMILES string of the molecule is COc1cccc(/C=N\N2C(=O)N[C@@](C)(c3ccc(OC(F)F)cc3)C2=O)c1. The van der Waals surface area contributed by atoms with Gasteiger partial charge in [0.25, 0.3) is 5.91 Å². The molecule has 0 spiro atoms. The summed E-state index contributed by atoms with van der Waals surface area (Å²) in [5.41, 5.74) is -0.333. The second kappa shape index (κ2) is 7.63. The lowest BCUT2D eigenvalue weighted by Crippen LogP contribution is -2.40. The van der Waals surface area contributed by atoms with Gasteiger partial charge in [-0.1, -0.05) is 24.3 Å². The zero-order valence-electron chi connectivity index (χ0n) is 15.1. The normalized spacial score (nSPS) is 19.4. The number of nitrogens with zero attached hydrogens (tertiary/aromatic N) is 2. The number of nitrogens with one attached hydrogen (secondary N) is 1. The quantitative estimate of drug-likeness (QED) is 0.608. The van der Waals surface area contributed by atoms with E-state index in [9.17, 15) is 18.4 Å². The van der Waals surface area contributed by atoms with E-state index in [1.165, 1.54) is 44.5 Å². The van der Waals surface area contributed by atoms with Crippen LogP contribution in [0.3, 0.4) is 0 Å². The van der Waals surface area contributed by atoms with Crippen molar-refractivity contribution in [2.24, 2.45) is 5.10 Å². The summed E-state index contributed by atoms with van der Waals surface area (Å²) in [4.78, 5) is 25.1. The van der Waals surface area contributed by atoms with Crippen molar-refractivity contribution in [3.8, 4) is 11.5 Å². The zero-order valence-corrected chi connectivity index (χ0v) is 15.1. The molecule has 1 atom stereocenters. The van der Waals surface area contributed by atoms with Crippen LogP contribution in [0.25, 0.3) is 0 Å². The Morgan fingerprint density at radius 2 is 1.86 bits per heavy atom. The monoisotopic (exact) mass is 389 g/mol. The summed E-state index contributed by atoms with van der Waals surface area (Å²) in [5.74, 6) is -0.0386. The zero-order chi connectivity index (χ0) is 20.3. The summed E-state index contributed by atoms with van der Waals surface area (Å²) < 4.78 is 33.9. The molecule has 1 saturated heterocycles. The van der Waals surface area contributed by atoms with E-state index in [0.717, 1.165) is 5.01 Å². The minimum Gasteiger partial charge on any atom is -0.497 e. The van der Waals surface area contributed by atoms with Gasteiger partial charge >= 0.3 is 12.6 Å². The number of hydrogen-bond donors (Lipinski definition) is 1. The molecule has 3 rings (SSSR count). The molecule has 0 unspecified atom stereocenters. The van der Waals surface area contributed by atoms with Crippen LogP contribution in [0.15, 0.2) is 53.6 Å². The van der Waals surface area contributed by atoms with Crippen molar-refractivity contribution in [3.63, 3.8) is 0 Å². The molecule has 3 amide bonds. The molecule has 146 valence electrons. The fourth-order valence-electron chi connectivity index (χ4n) is 2.74. The van der Waals surface area contributed by atoms with Crippen LogP contribution in [0.5, 0.6) is 11.5 Å². The van der Waals surface area contributed by atoms with Gasteiger partial charge in [-0.15, -0.1) is 5.01 Å². The van der Waals surface area contributed by atoms with Crippen LogP contribution in [-0.2, 0) is 10.3 Å². The largest absolute Gasteiger partial charge is 0.497 e. The third-order valence-corrected chi connectivity index (χ3v) is 4.24. The molecule has 1 aliphatic heterocycles. The molecule has 28 heavy (non-hydrogen) atoms. The summed E-state index contributed by atoms with van der Waals surface area (Å²) in [5, 5.41) is 7.28. The van der Waals surface area contributed by atoms with E-state index in [1.807, 2.05) is 0 Å². The van der Waals surface area contributed by atoms with Gasteiger partial charge in [-0.3, -0.25) is 4.79 Å². The lowest BCUT2D eigenvalue weighted by molar-refractivity contribution is -0.131. The summed E-state index contributed by atoms with van der Waals surface area (Å²) in [6, 6.07) is 11.7. The molecule has 0 aromatic heterocycles. The number of methoxy groups -OCH3 is 1. The molecular weight excluding hydrogens is 372 g/mol. The maximum Gasteiger partial charge on any atom is 0.387 e. The third-order valence-electron chi connectivity index (χ3n) is 4.24. The van der Waals surface area contributed by atoms with Gasteiger partial charge in [-0.25, -0.2) is 4.79 Å². The number of hydrazone groups is 1. The average molecular weight is 389 g/mol. The van der Waals surface area contributed by atoms with Gasteiger partial charge in [0.05, 0.1) is 13.3 Å². The van der Waals surface area contributed by atoms with E-state index >= 15 is 0 Å². The van der Waals surface area contributed by atoms with E-state index in [1.54, 1.807) is 24.3 Å². The maximum absolute atomic E-state index is 12.8. The van der Waals surface area contributed by atoms with Crippen molar-refractivity contribution in [1.29, 1.82) is 0 Å². The van der Waals surface area contributed by atoms with Crippen molar-refractivity contribution in [2.75, 3.05) is 7.11 Å². The van der Waals surface area contributed by atoms with Crippen molar-refractivity contribution in [2.45, 2.75) is 19.1 Å². The number of hydrogen-bond acceptors (Lipinski definition) is 5. The number of amides is 3. The van der Waals surface area contributed by atoms with E-state index in [0.29, 0.717) is 16.9 Å². The molecule has 2 aromatic rings. The Bertz CT molecular complexity index is 918. The van der Waals surface area contributed by atoms with E-state index in [2.05, 4.69) is 15.2 Å². The highest BCUT2D eigenvalue weighted by Gasteiger charge is 2.49. The second-order valence-corrected chi connectivity index (χ2v) is 6.10. The predicted octanol–water partition coefficient (Wildman–Crippen LogP) is 3.10. The van der Waals surface area contributed by atoms with Crippen LogP contribution < -0.4 is 14.8 Å². The highest BCUT2D eigenvalue weighted by atomic mass is 19.3. The minimum atomic E-state index is -2.95. The van der Waals surface area contributed by atoms with Gasteiger partial charge in [0.15, 0.2) is 0 Å². The molecule has 0 bridgehead atoms. The van der Waals surface area contributed by atoms with Gasteiger partial charge in [0, 0.05) is 0 Å². The highest BCUT2D eigenvalue weighted by molar-refractivity contribution is 6.07. The smallest absolute Gasteiger partial charge is 0.387 e. The van der Waals surface area contributed by atoms with Crippen LogP contribution >= 0.6 is 0 Å². The van der Waals surface area contributed by atoms with Gasteiger partial charge in [0.1, 0.15) is 17.0 Å². The van der Waals surface area contributed by atoms with Crippen molar-refractivity contribution >= 4 is 18.2 Å². The number of ether oxygens (including phenoxy) is 2. The van der Waals surface area contributed by atoms with Gasteiger partial charge in [0.2, 0.25) is 0 Å². The number of urea groups is 1. The number of carbonyl (C=O) groups excluding carboxylic acids is 2. The maximum atomic E-state index is 12.8. The topological polar surface area (TPSA) is 80.2 Å². The molecule has 1 heterocycles. The van der Waals surface area contributed by atoms with Crippen LogP contribution in [0.1, 0.15) is 18.1 Å². The summed E-state index contributed by atoms with van der Waals surface area (Å²) >= 11 is 0. The number of carbonyl (C=O) groups is 2. The Morgan fingerprint density at radius 1 is 1.14 bits per heavy atom. The average Bonchev–Trinajstić information content (AvgIpc) is 2.89. The van der Waals surface area contributed by atoms with E-state index in [-0.39, 0.29) is 5.75 Å². The Balaban J connectivity index is 1.81. The first-order chi connectivity index (χ1) is 13.3. The Morgan fingerprint density at radius 3 is 2.50 bits per heavy atom. The fraction of sp³-hybridized carbons (Fsp3) is 0.211. The van der Waals surface area contributed by atoms with Gasteiger partial charge in [-0.2, -0.15) is 13.9 Å². The number of benzene rings is 2. The molecule has 1 N–H and O–H groups in total. The van der Waals surface area contributed by atoms with E-state index < -0.39 is 24.1 Å². The fourth-order valence-corrected chi connectivity index (χ4v) is 2.74. The lowest BCUT2D eigenvalue weighted by atomic mass is 9.92. The summed E-state index contributed by atoms with van der Waals surface area (Å²) in [6.45, 7) is -1.44. The van der Waals surface area contributed by atoms with Crippen molar-refractivity contribution in [3.05, 3.63) is 59.7 Å². The lowest BCUT2D eigenvalue weighted by Gasteiger charge is -2.21. The van der Waals surface area contributed by atoms with Crippen molar-refractivity contribution < 1.29 is 27.8 Å². The predicted molar refractivity (Wildman–Crippen MR) is 96.4 cm³/mol. The Labute approximate surface area is 159 Å². The highest BCUT2D eigenvalue weighted by Crippen LogP contribution is 2.30. The molecule has 0 saturated carbocycles. The minimum absolute atomic E-state index is 0.0491. The van der Waals surface area contributed by atoms with E-state index in [4.69, 9.17) is 4.74 Å². The Kier molecular flexibility index (Phi) is 5.25. The molecule has 7 nitrogen and oxygen atoms in total. The van der Waals surface area contributed by atoms with Gasteiger partial charge in [-0.05, 0) is 42.3 Å². The number of imide groups is 1. The molecule has 2 aromatic carbocycles. The number of rotatable bonds is 6. The number of alkyl halides is 2. The first kappa shape index (κ1) is 19.3. The van der Waals surface area contributed by atoms with Crippen LogP contribution in [0, 0.1) is 0 Å². The van der Waals surface area contributed by atoms with Crippen LogP contribution in [0.4, 0.5) is 13.6 Å². The number of halogens is 2. The first-order valence-corrected chi connectivity index (χ1v) is 8.23. The van der Waals surface area contributed by atoms with Gasteiger partial charge < -0.3 is 14.8 Å². The molecular formula is C19H17F2N3O4. The third kappa shape index (κ3) is 3.78. The molecule has 9 heteroatoms. The molecule has 0 radical (unpaired) electrons. The summed E-state index contributed by atoms with van der Waals surface area (Å²) in [6.07, 6.45) is 1.37. The summed E-state index contributed by atoms with van der Waals surface area (Å²) in [7, 11) is 1.52. The molecule has 0 aliphatic carbocycles. The first-order valence-electron chi connectivity index (χ1n) is 8.23. The Hall–Kier alpha value is -3.49. The second-order valence-electron chi connectivity index (χ2n) is 6.10.